The van der Waals surface area contributed by atoms with Gasteiger partial charge in [0.1, 0.15) is 23.9 Å². The van der Waals surface area contributed by atoms with Crippen molar-refractivity contribution in [2.45, 2.75) is 110 Å². The summed E-state index contributed by atoms with van der Waals surface area (Å²) in [5.41, 5.74) is 2.41. The second-order valence-corrected chi connectivity index (χ2v) is 19.9. The minimum Gasteiger partial charge on any atom is -0.491 e. The van der Waals surface area contributed by atoms with Crippen molar-refractivity contribution >= 4 is 26.5 Å². The molecular formula is C36H53N5O7Si. The summed E-state index contributed by atoms with van der Waals surface area (Å²) in [4.78, 5) is 34.6. The van der Waals surface area contributed by atoms with E-state index in [4.69, 9.17) is 33.1 Å². The Balaban J connectivity index is 1.61. The summed E-state index contributed by atoms with van der Waals surface area (Å²) >= 11 is 0. The number of aldehydes is 1. The van der Waals surface area contributed by atoms with Gasteiger partial charge in [-0.25, -0.2) is 14.8 Å². The van der Waals surface area contributed by atoms with Gasteiger partial charge in [0, 0.05) is 36.8 Å². The molecule has 1 atom stereocenters. The van der Waals surface area contributed by atoms with Crippen LogP contribution in [0.2, 0.25) is 18.1 Å². The van der Waals surface area contributed by atoms with E-state index in [0.29, 0.717) is 70.9 Å². The first-order valence-corrected chi connectivity index (χ1v) is 19.9. The lowest BCUT2D eigenvalue weighted by Gasteiger charge is -2.39. The molecule has 3 heterocycles. The molecule has 49 heavy (non-hydrogen) atoms. The number of anilines is 1. The zero-order chi connectivity index (χ0) is 36.0. The summed E-state index contributed by atoms with van der Waals surface area (Å²) in [6.45, 7) is 22.0. The van der Waals surface area contributed by atoms with E-state index in [9.17, 15) is 9.59 Å². The van der Waals surface area contributed by atoms with Gasteiger partial charge in [0.25, 0.3) is 0 Å². The Morgan fingerprint density at radius 3 is 2.43 bits per heavy atom. The van der Waals surface area contributed by atoms with Crippen molar-refractivity contribution in [3.8, 4) is 28.4 Å². The number of nitrogens with zero attached hydrogens (tertiary/aromatic N) is 3. The number of carbonyl (C=O) groups is 2. The topological polar surface area (TPSA) is 147 Å². The SMILES string of the molecule is Cc1noc(C)c1-c1nc(-c2cccc(OCC(CCOC(=O)NC(C)(C)C)O[Si](C)(C)C(C)(C)C)c2)nc(NC2CCOCC2)c1C=O. The van der Waals surface area contributed by atoms with E-state index >= 15 is 0 Å². The van der Waals surface area contributed by atoms with E-state index in [-0.39, 0.29) is 30.4 Å². The van der Waals surface area contributed by atoms with E-state index in [0.717, 1.165) is 19.1 Å². The van der Waals surface area contributed by atoms with Crippen LogP contribution in [0.3, 0.4) is 0 Å². The Labute approximate surface area is 291 Å². The third kappa shape index (κ3) is 10.3. The van der Waals surface area contributed by atoms with Gasteiger partial charge in [-0.1, -0.05) is 38.1 Å². The number of alkyl carbamates (subject to hydrolysis) is 1. The fraction of sp³-hybridized carbons (Fsp3) is 0.583. The van der Waals surface area contributed by atoms with Crippen molar-refractivity contribution in [1.29, 1.82) is 0 Å². The van der Waals surface area contributed by atoms with Gasteiger partial charge in [0.2, 0.25) is 0 Å². The first kappa shape index (κ1) is 38.0. The van der Waals surface area contributed by atoms with Crippen LogP contribution in [0, 0.1) is 13.8 Å². The van der Waals surface area contributed by atoms with Crippen LogP contribution in [0.15, 0.2) is 28.8 Å². The molecule has 1 unspecified atom stereocenters. The second-order valence-electron chi connectivity index (χ2n) is 15.1. The van der Waals surface area contributed by atoms with Crippen LogP contribution in [0.5, 0.6) is 5.75 Å². The Hall–Kier alpha value is -3.81. The number of benzene rings is 1. The minimum atomic E-state index is -2.17. The summed E-state index contributed by atoms with van der Waals surface area (Å²) < 4.78 is 29.5. The summed E-state index contributed by atoms with van der Waals surface area (Å²) in [5.74, 6) is 2.04. The molecule has 4 rings (SSSR count). The van der Waals surface area contributed by atoms with E-state index in [1.165, 1.54) is 0 Å². The molecule has 0 aliphatic carbocycles. The molecule has 1 aromatic carbocycles. The maximum atomic E-state index is 12.5. The monoisotopic (exact) mass is 695 g/mol. The molecule has 268 valence electrons. The molecule has 1 aliphatic rings. The Morgan fingerprint density at radius 1 is 1.10 bits per heavy atom. The van der Waals surface area contributed by atoms with Gasteiger partial charge in [-0.05, 0) is 77.7 Å². The van der Waals surface area contributed by atoms with Gasteiger partial charge in [-0.2, -0.15) is 0 Å². The van der Waals surface area contributed by atoms with Crippen molar-refractivity contribution < 1.29 is 32.7 Å². The predicted molar refractivity (Wildman–Crippen MR) is 192 cm³/mol. The summed E-state index contributed by atoms with van der Waals surface area (Å²) in [6.07, 6.45) is 2.08. The van der Waals surface area contributed by atoms with Crippen molar-refractivity contribution in [2.75, 3.05) is 31.7 Å². The highest BCUT2D eigenvalue weighted by Crippen LogP contribution is 2.38. The van der Waals surface area contributed by atoms with Gasteiger partial charge in [-0.3, -0.25) is 4.79 Å². The first-order valence-electron chi connectivity index (χ1n) is 17.0. The molecule has 0 radical (unpaired) electrons. The molecule has 1 aliphatic heterocycles. The van der Waals surface area contributed by atoms with Crippen molar-refractivity contribution in [3.05, 3.63) is 41.3 Å². The number of aromatic nitrogens is 3. The lowest BCUT2D eigenvalue weighted by molar-refractivity contribution is 0.0766. The summed E-state index contributed by atoms with van der Waals surface area (Å²) in [7, 11) is -2.17. The van der Waals surface area contributed by atoms with E-state index < -0.39 is 19.9 Å². The maximum absolute atomic E-state index is 12.5. The zero-order valence-electron chi connectivity index (χ0n) is 30.7. The van der Waals surface area contributed by atoms with Gasteiger partial charge in [-0.15, -0.1) is 0 Å². The number of nitrogens with one attached hydrogen (secondary N) is 2. The molecule has 2 aromatic heterocycles. The van der Waals surface area contributed by atoms with Crippen molar-refractivity contribution in [3.63, 3.8) is 0 Å². The molecule has 0 spiro atoms. The zero-order valence-corrected chi connectivity index (χ0v) is 31.7. The minimum absolute atomic E-state index is 0.0179. The van der Waals surface area contributed by atoms with Crippen LogP contribution in [0.25, 0.3) is 22.6 Å². The van der Waals surface area contributed by atoms with Crippen molar-refractivity contribution in [1.82, 2.24) is 20.4 Å². The van der Waals surface area contributed by atoms with Crippen molar-refractivity contribution in [2.24, 2.45) is 0 Å². The number of carbonyl (C=O) groups excluding carboxylic acids is 2. The van der Waals surface area contributed by atoms with Gasteiger partial charge < -0.3 is 33.8 Å². The molecular weight excluding hydrogens is 643 g/mol. The molecule has 12 nitrogen and oxygen atoms in total. The third-order valence-corrected chi connectivity index (χ3v) is 13.4. The normalized spacial score (nSPS) is 15.1. The highest BCUT2D eigenvalue weighted by Gasteiger charge is 2.39. The molecule has 13 heteroatoms. The van der Waals surface area contributed by atoms with Crippen LogP contribution in [0.1, 0.15) is 82.6 Å². The molecule has 1 amide bonds. The molecule has 0 saturated carbocycles. The Morgan fingerprint density at radius 2 is 1.82 bits per heavy atom. The standard InChI is InChI=1S/C36H53N5O7Si/c1-23-30(24(2)47-41-23)31-29(21-42)33(37-26-14-17-44-18-15-26)39-32(38-31)25-12-11-13-27(20-25)46-22-28(48-49(9,10)36(6,7)8)16-19-45-34(43)40-35(3,4)5/h11-13,20-21,26,28H,14-19,22H2,1-10H3,(H,40,43)(H,37,38,39). The second kappa shape index (κ2) is 15.8. The van der Waals surface area contributed by atoms with Gasteiger partial charge in [0.05, 0.1) is 35.2 Å². The lowest BCUT2D eigenvalue weighted by atomic mass is 10.0. The first-order chi connectivity index (χ1) is 23.0. The van der Waals surface area contributed by atoms with E-state index in [2.05, 4.69) is 49.7 Å². The number of aryl methyl sites for hydroxylation is 2. The Bertz CT molecular complexity index is 1570. The highest BCUT2D eigenvalue weighted by atomic mass is 28.4. The van der Waals surface area contributed by atoms with Crippen LogP contribution >= 0.6 is 0 Å². The van der Waals surface area contributed by atoms with Crippen LogP contribution in [-0.2, 0) is 13.9 Å². The fourth-order valence-electron chi connectivity index (χ4n) is 5.18. The number of hydrogen-bond acceptors (Lipinski definition) is 11. The number of hydrogen-bond donors (Lipinski definition) is 2. The average Bonchev–Trinajstić information content (AvgIpc) is 3.35. The largest absolute Gasteiger partial charge is 0.491 e. The number of rotatable bonds is 13. The van der Waals surface area contributed by atoms with E-state index in [1.807, 2.05) is 52.0 Å². The smallest absolute Gasteiger partial charge is 0.407 e. The molecule has 1 fully saturated rings. The van der Waals surface area contributed by atoms with Crippen LogP contribution < -0.4 is 15.4 Å². The average molecular weight is 696 g/mol. The van der Waals surface area contributed by atoms with E-state index in [1.54, 1.807) is 6.92 Å². The molecule has 2 N–H and O–H groups in total. The quantitative estimate of drug-likeness (QED) is 0.135. The van der Waals surface area contributed by atoms with Gasteiger partial charge >= 0.3 is 6.09 Å². The molecule has 1 saturated heterocycles. The lowest BCUT2D eigenvalue weighted by Crippen LogP contribution is -2.46. The highest BCUT2D eigenvalue weighted by molar-refractivity contribution is 6.74. The predicted octanol–water partition coefficient (Wildman–Crippen LogP) is 7.50. The molecule has 0 bridgehead atoms. The maximum Gasteiger partial charge on any atom is 0.407 e. The van der Waals surface area contributed by atoms with Crippen LogP contribution in [0.4, 0.5) is 10.6 Å². The molecule has 3 aromatic rings. The fourth-order valence-corrected chi connectivity index (χ4v) is 6.55. The number of ether oxygens (including phenoxy) is 3. The third-order valence-electron chi connectivity index (χ3n) is 8.84. The van der Waals surface area contributed by atoms with Crippen LogP contribution in [-0.4, -0.2) is 79.9 Å². The summed E-state index contributed by atoms with van der Waals surface area (Å²) in [6, 6.07) is 7.64. The number of amides is 1. The Kier molecular flexibility index (Phi) is 12.3. The summed E-state index contributed by atoms with van der Waals surface area (Å²) in [5, 5.41) is 10.4. The van der Waals surface area contributed by atoms with Gasteiger partial charge in [0.15, 0.2) is 20.4 Å².